The van der Waals surface area contributed by atoms with Gasteiger partial charge in [0.25, 0.3) is 0 Å². The number of anilines is 1. The summed E-state index contributed by atoms with van der Waals surface area (Å²) < 4.78 is 5.65. The minimum atomic E-state index is -0.197. The van der Waals surface area contributed by atoms with Gasteiger partial charge in [0.05, 0.1) is 5.51 Å². The van der Waals surface area contributed by atoms with Crippen molar-refractivity contribution in [2.45, 2.75) is 6.92 Å². The van der Waals surface area contributed by atoms with E-state index in [1.165, 1.54) is 17.4 Å². The van der Waals surface area contributed by atoms with Gasteiger partial charge in [-0.15, -0.1) is 11.3 Å². The number of carbonyl (C=O) groups is 1. The highest BCUT2D eigenvalue weighted by molar-refractivity contribution is 7.10. The number of ether oxygens (including phenoxy) is 1. The number of aryl methyl sites for hydroxylation is 1. The minimum Gasteiger partial charge on any atom is -0.439 e. The molecule has 0 fully saturated rings. The maximum absolute atomic E-state index is 11.9. The van der Waals surface area contributed by atoms with Gasteiger partial charge in [-0.2, -0.15) is 0 Å². The van der Waals surface area contributed by atoms with Crippen molar-refractivity contribution >= 4 is 29.0 Å². The quantitative estimate of drug-likeness (QED) is 0.705. The second-order valence-electron chi connectivity index (χ2n) is 5.03. The first kappa shape index (κ1) is 15.9. The fourth-order valence-electron chi connectivity index (χ4n) is 1.89. The fourth-order valence-corrected chi connectivity index (χ4v) is 2.40. The molecule has 1 N–H and O–H groups in total. The molecule has 6 heteroatoms. The maximum atomic E-state index is 11.9. The van der Waals surface area contributed by atoms with Gasteiger partial charge in [-0.05, 0) is 42.8 Å². The Kier molecular flexibility index (Phi) is 4.98. The number of benzene rings is 1. The molecule has 1 aromatic carbocycles. The summed E-state index contributed by atoms with van der Waals surface area (Å²) in [4.78, 5) is 20.9. The van der Waals surface area contributed by atoms with Crippen LogP contribution in [0, 0.1) is 6.92 Å². The molecular formula is C18H15N3O2S. The van der Waals surface area contributed by atoms with Gasteiger partial charge >= 0.3 is 0 Å². The molecule has 3 rings (SSSR count). The van der Waals surface area contributed by atoms with Gasteiger partial charge in [-0.3, -0.25) is 9.78 Å². The number of nitrogens with zero attached hydrogens (tertiary/aromatic N) is 2. The van der Waals surface area contributed by atoms with Crippen molar-refractivity contribution in [3.8, 4) is 11.6 Å². The molecule has 0 atom stereocenters. The number of nitrogens with one attached hydrogen (secondary N) is 1. The summed E-state index contributed by atoms with van der Waals surface area (Å²) in [5.74, 6) is 0.992. The van der Waals surface area contributed by atoms with E-state index in [4.69, 9.17) is 4.74 Å². The third-order valence-corrected chi connectivity index (χ3v) is 3.82. The minimum absolute atomic E-state index is 0.197. The average Bonchev–Trinajstić information content (AvgIpc) is 3.10. The summed E-state index contributed by atoms with van der Waals surface area (Å²) in [5, 5.41) is 2.79. The van der Waals surface area contributed by atoms with Crippen LogP contribution in [0.5, 0.6) is 11.6 Å². The van der Waals surface area contributed by atoms with Crippen molar-refractivity contribution < 1.29 is 9.53 Å². The van der Waals surface area contributed by atoms with E-state index in [0.29, 0.717) is 17.3 Å². The molecule has 0 radical (unpaired) electrons. The lowest BCUT2D eigenvalue weighted by Crippen LogP contribution is -2.07. The largest absolute Gasteiger partial charge is 0.439 e. The van der Waals surface area contributed by atoms with Crippen molar-refractivity contribution in [3.05, 3.63) is 70.8 Å². The summed E-state index contributed by atoms with van der Waals surface area (Å²) in [6, 6.07) is 10.9. The Morgan fingerprint density at radius 2 is 2.00 bits per heavy atom. The Morgan fingerprint density at radius 3 is 2.67 bits per heavy atom. The Bertz CT molecular complexity index is 826. The zero-order valence-corrected chi connectivity index (χ0v) is 13.8. The van der Waals surface area contributed by atoms with Crippen LogP contribution in [0.1, 0.15) is 10.4 Å². The molecule has 0 aliphatic heterocycles. The first-order chi connectivity index (χ1) is 11.7. The van der Waals surface area contributed by atoms with Gasteiger partial charge in [0.15, 0.2) is 0 Å². The zero-order valence-electron chi connectivity index (χ0n) is 13.0. The van der Waals surface area contributed by atoms with Crippen LogP contribution in [-0.2, 0) is 4.79 Å². The third kappa shape index (κ3) is 4.50. The van der Waals surface area contributed by atoms with Crippen LogP contribution in [0.3, 0.4) is 0 Å². The van der Waals surface area contributed by atoms with Gasteiger partial charge in [0.2, 0.25) is 11.8 Å². The molecule has 120 valence electrons. The van der Waals surface area contributed by atoms with Crippen LogP contribution in [0.2, 0.25) is 0 Å². The first-order valence-electron chi connectivity index (χ1n) is 7.27. The standard InChI is InChI=1S/C18H15N3O2S/c1-13-2-9-18(20-10-13)23-15-5-3-14(4-6-15)21-17(22)8-7-16-11-19-12-24-16/h2-12H,1H3,(H,21,22)/b8-7+. The van der Waals surface area contributed by atoms with Gasteiger partial charge in [0.1, 0.15) is 5.75 Å². The van der Waals surface area contributed by atoms with Crippen LogP contribution in [0.15, 0.2) is 60.4 Å². The monoisotopic (exact) mass is 337 g/mol. The Hall–Kier alpha value is -2.99. The number of pyridine rings is 1. The molecule has 0 saturated heterocycles. The molecule has 0 unspecified atom stereocenters. The third-order valence-electron chi connectivity index (χ3n) is 3.08. The highest BCUT2D eigenvalue weighted by Gasteiger charge is 2.01. The summed E-state index contributed by atoms with van der Waals surface area (Å²) in [6.45, 7) is 1.97. The second-order valence-corrected chi connectivity index (χ2v) is 5.94. The van der Waals surface area contributed by atoms with Crippen molar-refractivity contribution in [1.82, 2.24) is 9.97 Å². The lowest BCUT2D eigenvalue weighted by molar-refractivity contribution is -0.111. The Morgan fingerprint density at radius 1 is 1.17 bits per heavy atom. The predicted octanol–water partition coefficient (Wildman–Crippen LogP) is 4.29. The number of carbonyl (C=O) groups excluding carboxylic acids is 1. The lowest BCUT2D eigenvalue weighted by Gasteiger charge is -2.06. The molecular weight excluding hydrogens is 322 g/mol. The number of hydrogen-bond donors (Lipinski definition) is 1. The summed E-state index contributed by atoms with van der Waals surface area (Å²) in [5.41, 5.74) is 3.49. The van der Waals surface area contributed by atoms with E-state index in [2.05, 4.69) is 15.3 Å². The molecule has 0 aliphatic carbocycles. The molecule has 2 aromatic heterocycles. The van der Waals surface area contributed by atoms with E-state index in [9.17, 15) is 4.79 Å². The zero-order chi connectivity index (χ0) is 16.8. The van der Waals surface area contributed by atoms with E-state index < -0.39 is 0 Å². The highest BCUT2D eigenvalue weighted by Crippen LogP contribution is 2.21. The Balaban J connectivity index is 1.58. The highest BCUT2D eigenvalue weighted by atomic mass is 32.1. The SMILES string of the molecule is Cc1ccc(Oc2ccc(NC(=O)/C=C/c3cncs3)cc2)nc1. The molecule has 3 aromatic rings. The van der Waals surface area contributed by atoms with Crippen LogP contribution in [0.25, 0.3) is 6.08 Å². The molecule has 0 bridgehead atoms. The topological polar surface area (TPSA) is 64.1 Å². The number of thiazole rings is 1. The first-order valence-corrected chi connectivity index (χ1v) is 8.15. The van der Waals surface area contributed by atoms with Crippen molar-refractivity contribution in [3.63, 3.8) is 0 Å². The van der Waals surface area contributed by atoms with E-state index >= 15 is 0 Å². The summed E-state index contributed by atoms with van der Waals surface area (Å²) in [6.07, 6.45) is 6.67. The molecule has 0 saturated carbocycles. The molecule has 0 spiro atoms. The number of aromatic nitrogens is 2. The lowest BCUT2D eigenvalue weighted by atomic mass is 10.3. The predicted molar refractivity (Wildman–Crippen MR) is 95.3 cm³/mol. The van der Waals surface area contributed by atoms with E-state index in [1.54, 1.807) is 48.2 Å². The van der Waals surface area contributed by atoms with E-state index in [1.807, 2.05) is 19.1 Å². The summed E-state index contributed by atoms with van der Waals surface area (Å²) >= 11 is 1.47. The Labute approximate surface area is 143 Å². The number of amides is 1. The van der Waals surface area contributed by atoms with Gasteiger partial charge < -0.3 is 10.1 Å². The summed E-state index contributed by atoms with van der Waals surface area (Å²) in [7, 11) is 0. The van der Waals surface area contributed by atoms with E-state index in [-0.39, 0.29) is 5.91 Å². The molecule has 24 heavy (non-hydrogen) atoms. The molecule has 5 nitrogen and oxygen atoms in total. The smallest absolute Gasteiger partial charge is 0.248 e. The van der Waals surface area contributed by atoms with Gasteiger partial charge in [-0.25, -0.2) is 4.98 Å². The fraction of sp³-hybridized carbons (Fsp3) is 0.0556. The average molecular weight is 337 g/mol. The van der Waals surface area contributed by atoms with Gasteiger partial charge in [-0.1, -0.05) is 6.07 Å². The van der Waals surface area contributed by atoms with Crippen LogP contribution >= 0.6 is 11.3 Å². The van der Waals surface area contributed by atoms with Crippen molar-refractivity contribution in [1.29, 1.82) is 0 Å². The van der Waals surface area contributed by atoms with Crippen molar-refractivity contribution in [2.24, 2.45) is 0 Å². The molecule has 0 aliphatic rings. The van der Waals surface area contributed by atoms with Crippen molar-refractivity contribution in [2.75, 3.05) is 5.32 Å². The number of rotatable bonds is 5. The normalized spacial score (nSPS) is 10.7. The van der Waals surface area contributed by atoms with Crippen LogP contribution in [0.4, 0.5) is 5.69 Å². The van der Waals surface area contributed by atoms with E-state index in [0.717, 1.165) is 10.4 Å². The molecule has 2 heterocycles. The number of hydrogen-bond acceptors (Lipinski definition) is 5. The van der Waals surface area contributed by atoms with Crippen LogP contribution in [-0.4, -0.2) is 15.9 Å². The van der Waals surface area contributed by atoms with Gasteiger partial charge in [0, 0.05) is 35.1 Å². The maximum Gasteiger partial charge on any atom is 0.248 e. The van der Waals surface area contributed by atoms with Crippen LogP contribution < -0.4 is 10.1 Å². The molecule has 1 amide bonds. The second kappa shape index (κ2) is 7.52.